The lowest BCUT2D eigenvalue weighted by Gasteiger charge is -2.29. The van der Waals surface area contributed by atoms with Crippen molar-refractivity contribution in [2.75, 3.05) is 19.6 Å². The van der Waals surface area contributed by atoms with Gasteiger partial charge in [0.25, 0.3) is 0 Å². The quantitative estimate of drug-likeness (QED) is 0.705. The third-order valence-corrected chi connectivity index (χ3v) is 3.14. The van der Waals surface area contributed by atoms with Crippen LogP contribution in [0.1, 0.15) is 24.6 Å². The predicted octanol–water partition coefficient (Wildman–Crippen LogP) is 3.35. The maximum Gasteiger partial charge on any atom is 0.138 e. The first-order valence-corrected chi connectivity index (χ1v) is 5.84. The molecular formula is C14H18FN. The predicted molar refractivity (Wildman–Crippen MR) is 65.1 cm³/mol. The number of hydrogen-bond donors (Lipinski definition) is 0. The van der Waals surface area contributed by atoms with Crippen molar-refractivity contribution in [1.82, 2.24) is 4.90 Å². The van der Waals surface area contributed by atoms with E-state index in [1.54, 1.807) is 0 Å². The third kappa shape index (κ3) is 2.92. The van der Waals surface area contributed by atoms with E-state index in [9.17, 15) is 4.39 Å². The lowest BCUT2D eigenvalue weighted by molar-refractivity contribution is 0.183. The molecule has 0 aliphatic carbocycles. The van der Waals surface area contributed by atoms with E-state index in [4.69, 9.17) is 0 Å². The second kappa shape index (κ2) is 5.26. The van der Waals surface area contributed by atoms with Gasteiger partial charge in [0.05, 0.1) is 0 Å². The van der Waals surface area contributed by atoms with E-state index >= 15 is 0 Å². The first-order valence-electron chi connectivity index (χ1n) is 5.84. The SMILES string of the molecule is C=C1CCN(CC(F)c2ccccc2)CC1. The zero-order chi connectivity index (χ0) is 11.4. The molecule has 0 spiro atoms. The van der Waals surface area contributed by atoms with Gasteiger partial charge in [0.2, 0.25) is 0 Å². The second-order valence-corrected chi connectivity index (χ2v) is 4.43. The maximum atomic E-state index is 14.0. The number of alkyl halides is 1. The fourth-order valence-corrected chi connectivity index (χ4v) is 2.05. The summed E-state index contributed by atoms with van der Waals surface area (Å²) in [6.45, 7) is 6.38. The maximum absolute atomic E-state index is 14.0. The van der Waals surface area contributed by atoms with Crippen LogP contribution in [0.2, 0.25) is 0 Å². The van der Waals surface area contributed by atoms with Crippen LogP contribution in [0.4, 0.5) is 4.39 Å². The van der Waals surface area contributed by atoms with Crippen molar-refractivity contribution in [3.05, 3.63) is 48.0 Å². The average Bonchev–Trinajstić information content (AvgIpc) is 2.33. The van der Waals surface area contributed by atoms with Crippen molar-refractivity contribution >= 4 is 0 Å². The van der Waals surface area contributed by atoms with E-state index in [1.165, 1.54) is 5.57 Å². The van der Waals surface area contributed by atoms with Crippen LogP contribution in [-0.2, 0) is 0 Å². The minimum absolute atomic E-state index is 0.511. The van der Waals surface area contributed by atoms with Gasteiger partial charge in [-0.05, 0) is 18.4 Å². The summed E-state index contributed by atoms with van der Waals surface area (Å²) in [5.41, 5.74) is 2.08. The molecule has 86 valence electrons. The number of likely N-dealkylation sites (tertiary alicyclic amines) is 1. The molecule has 0 saturated carbocycles. The number of piperidine rings is 1. The normalized spacial score (nSPS) is 19.7. The molecule has 0 N–H and O–H groups in total. The largest absolute Gasteiger partial charge is 0.299 e. The van der Waals surface area contributed by atoms with Crippen LogP contribution in [-0.4, -0.2) is 24.5 Å². The van der Waals surface area contributed by atoms with Crippen LogP contribution in [0.25, 0.3) is 0 Å². The van der Waals surface area contributed by atoms with Gasteiger partial charge in [-0.3, -0.25) is 4.90 Å². The molecule has 1 atom stereocenters. The topological polar surface area (TPSA) is 3.24 Å². The van der Waals surface area contributed by atoms with Gasteiger partial charge in [0.15, 0.2) is 0 Å². The molecule has 1 nitrogen and oxygen atoms in total. The molecule has 0 aromatic heterocycles. The first kappa shape index (κ1) is 11.3. The van der Waals surface area contributed by atoms with E-state index < -0.39 is 6.17 Å². The number of hydrogen-bond acceptors (Lipinski definition) is 1. The van der Waals surface area contributed by atoms with Crippen molar-refractivity contribution in [1.29, 1.82) is 0 Å². The van der Waals surface area contributed by atoms with Gasteiger partial charge in [-0.2, -0.15) is 0 Å². The fourth-order valence-electron chi connectivity index (χ4n) is 2.05. The molecule has 1 fully saturated rings. The molecule has 1 aromatic rings. The van der Waals surface area contributed by atoms with Gasteiger partial charge in [-0.15, -0.1) is 0 Å². The number of halogens is 1. The molecular weight excluding hydrogens is 201 g/mol. The zero-order valence-electron chi connectivity index (χ0n) is 9.53. The van der Waals surface area contributed by atoms with E-state index in [-0.39, 0.29) is 0 Å². The monoisotopic (exact) mass is 219 g/mol. The van der Waals surface area contributed by atoms with E-state index in [0.717, 1.165) is 31.5 Å². The van der Waals surface area contributed by atoms with Crippen LogP contribution < -0.4 is 0 Å². The van der Waals surface area contributed by atoms with Gasteiger partial charge >= 0.3 is 0 Å². The number of nitrogens with zero attached hydrogens (tertiary/aromatic N) is 1. The van der Waals surface area contributed by atoms with Crippen molar-refractivity contribution in [3.63, 3.8) is 0 Å². The third-order valence-electron chi connectivity index (χ3n) is 3.14. The van der Waals surface area contributed by atoms with E-state index in [0.29, 0.717) is 6.54 Å². The Morgan fingerprint density at radius 1 is 1.19 bits per heavy atom. The molecule has 1 aromatic carbocycles. The molecule has 16 heavy (non-hydrogen) atoms. The summed E-state index contributed by atoms with van der Waals surface area (Å²) in [4.78, 5) is 2.19. The average molecular weight is 219 g/mol. The lowest BCUT2D eigenvalue weighted by Crippen LogP contribution is -2.33. The Morgan fingerprint density at radius 2 is 1.81 bits per heavy atom. The second-order valence-electron chi connectivity index (χ2n) is 4.43. The summed E-state index contributed by atoms with van der Waals surface area (Å²) in [7, 11) is 0. The summed E-state index contributed by atoms with van der Waals surface area (Å²) in [6.07, 6.45) is 1.16. The van der Waals surface area contributed by atoms with Gasteiger partial charge in [-0.1, -0.05) is 42.5 Å². The minimum Gasteiger partial charge on any atom is -0.299 e. The molecule has 0 radical (unpaired) electrons. The Labute approximate surface area is 96.6 Å². The summed E-state index contributed by atoms with van der Waals surface area (Å²) in [5.74, 6) is 0. The molecule has 0 amide bonds. The molecule has 1 aliphatic heterocycles. The highest BCUT2D eigenvalue weighted by atomic mass is 19.1. The number of rotatable bonds is 3. The summed E-state index contributed by atoms with van der Waals surface area (Å²) in [5, 5.41) is 0. The number of benzene rings is 1. The van der Waals surface area contributed by atoms with Crippen LogP contribution in [0.3, 0.4) is 0 Å². The van der Waals surface area contributed by atoms with Gasteiger partial charge in [-0.25, -0.2) is 4.39 Å². The van der Waals surface area contributed by atoms with E-state index in [1.807, 2.05) is 30.3 Å². The molecule has 2 heteroatoms. The Kier molecular flexibility index (Phi) is 3.73. The highest BCUT2D eigenvalue weighted by Crippen LogP contribution is 2.21. The van der Waals surface area contributed by atoms with Crippen molar-refractivity contribution in [2.45, 2.75) is 19.0 Å². The van der Waals surface area contributed by atoms with Crippen LogP contribution in [0, 0.1) is 0 Å². The molecule has 1 heterocycles. The van der Waals surface area contributed by atoms with Gasteiger partial charge in [0, 0.05) is 19.6 Å². The van der Waals surface area contributed by atoms with Crippen molar-refractivity contribution < 1.29 is 4.39 Å². The van der Waals surface area contributed by atoms with Crippen molar-refractivity contribution in [2.24, 2.45) is 0 Å². The molecule has 1 aliphatic rings. The highest BCUT2D eigenvalue weighted by Gasteiger charge is 2.17. The Hall–Kier alpha value is -1.15. The highest BCUT2D eigenvalue weighted by molar-refractivity contribution is 5.17. The fraction of sp³-hybridized carbons (Fsp3) is 0.429. The summed E-state index contributed by atoms with van der Waals surface area (Å²) >= 11 is 0. The molecule has 2 rings (SSSR count). The van der Waals surface area contributed by atoms with Crippen LogP contribution >= 0.6 is 0 Å². The molecule has 1 unspecified atom stereocenters. The van der Waals surface area contributed by atoms with Crippen molar-refractivity contribution in [3.8, 4) is 0 Å². The Morgan fingerprint density at radius 3 is 2.44 bits per heavy atom. The minimum atomic E-state index is -0.868. The molecule has 0 bridgehead atoms. The van der Waals surface area contributed by atoms with Gasteiger partial charge in [0.1, 0.15) is 6.17 Å². The standard InChI is InChI=1S/C14H18FN/c1-12-7-9-16(10-8-12)11-14(15)13-5-3-2-4-6-13/h2-6,14H,1,7-11H2. The first-order chi connectivity index (χ1) is 7.75. The zero-order valence-corrected chi connectivity index (χ0v) is 9.53. The lowest BCUT2D eigenvalue weighted by atomic mass is 10.0. The van der Waals surface area contributed by atoms with Crippen LogP contribution in [0.5, 0.6) is 0 Å². The Bertz CT molecular complexity index is 337. The summed E-state index contributed by atoms with van der Waals surface area (Å²) < 4.78 is 14.0. The molecule has 1 saturated heterocycles. The summed E-state index contributed by atoms with van der Waals surface area (Å²) in [6, 6.07) is 9.40. The van der Waals surface area contributed by atoms with E-state index in [2.05, 4.69) is 11.5 Å². The van der Waals surface area contributed by atoms with Crippen LogP contribution in [0.15, 0.2) is 42.5 Å². The van der Waals surface area contributed by atoms with Gasteiger partial charge < -0.3 is 0 Å². The Balaban J connectivity index is 1.88. The smallest absolute Gasteiger partial charge is 0.138 e.